The van der Waals surface area contributed by atoms with Crippen LogP contribution in [-0.2, 0) is 16.1 Å². The molecule has 3 nitrogen and oxygen atoms in total. The molecule has 0 spiro atoms. The highest BCUT2D eigenvalue weighted by Gasteiger charge is 2.27. The van der Waals surface area contributed by atoms with E-state index in [1.165, 1.54) is 12.5 Å². The van der Waals surface area contributed by atoms with E-state index < -0.39 is 12.0 Å². The summed E-state index contributed by atoms with van der Waals surface area (Å²) in [7, 11) is 0. The third-order valence-corrected chi connectivity index (χ3v) is 3.76. The molecule has 1 unspecified atom stereocenters. The Morgan fingerprint density at radius 2 is 2.00 bits per heavy atom. The fourth-order valence-electron chi connectivity index (χ4n) is 2.55. The molecule has 1 atom stereocenters. The molecule has 0 saturated heterocycles. The molecule has 2 rings (SSSR count). The van der Waals surface area contributed by atoms with Gasteiger partial charge >= 0.3 is 5.97 Å². The zero-order valence-electron chi connectivity index (χ0n) is 11.0. The number of benzene rings is 1. The topological polar surface area (TPSA) is 52.3 Å². The van der Waals surface area contributed by atoms with Crippen LogP contribution in [0.25, 0.3) is 0 Å². The van der Waals surface area contributed by atoms with Crippen molar-refractivity contribution < 1.29 is 13.9 Å². The van der Waals surface area contributed by atoms with Gasteiger partial charge in [-0.25, -0.2) is 4.39 Å². The summed E-state index contributed by atoms with van der Waals surface area (Å²) < 4.78 is 18.5. The molecule has 0 aliphatic heterocycles. The van der Waals surface area contributed by atoms with Crippen molar-refractivity contribution in [2.75, 3.05) is 0 Å². The molecule has 1 aliphatic rings. The molecule has 1 saturated carbocycles. The van der Waals surface area contributed by atoms with E-state index in [0.29, 0.717) is 5.56 Å². The van der Waals surface area contributed by atoms with Crippen molar-refractivity contribution in [3.05, 3.63) is 35.6 Å². The first-order valence-corrected chi connectivity index (χ1v) is 6.84. The highest BCUT2D eigenvalue weighted by atomic mass is 19.1. The molecule has 19 heavy (non-hydrogen) atoms. The predicted molar refractivity (Wildman–Crippen MR) is 70.7 cm³/mol. The molecule has 1 fully saturated rings. The maximum absolute atomic E-state index is 13.4. The smallest absolute Gasteiger partial charge is 0.323 e. The van der Waals surface area contributed by atoms with Gasteiger partial charge in [-0.05, 0) is 24.8 Å². The van der Waals surface area contributed by atoms with E-state index in [9.17, 15) is 9.18 Å². The maximum atomic E-state index is 13.4. The van der Waals surface area contributed by atoms with Crippen LogP contribution in [0.4, 0.5) is 4.39 Å². The summed E-state index contributed by atoms with van der Waals surface area (Å²) in [5.74, 6) is -0.571. The SMILES string of the molecule is NC(C(=O)OCc1ccccc1F)C1CCCCC1. The number of esters is 1. The minimum absolute atomic E-state index is 0.0497. The maximum Gasteiger partial charge on any atom is 0.323 e. The standard InChI is InChI=1S/C15H20FNO2/c16-13-9-5-4-8-12(13)10-19-15(18)14(17)11-6-2-1-3-7-11/h4-5,8-9,11,14H,1-3,6-7,10,17H2. The van der Waals surface area contributed by atoms with E-state index in [1.807, 2.05) is 0 Å². The van der Waals surface area contributed by atoms with Crippen LogP contribution in [0, 0.1) is 11.7 Å². The highest BCUT2D eigenvalue weighted by Crippen LogP contribution is 2.26. The second-order valence-corrected chi connectivity index (χ2v) is 5.12. The van der Waals surface area contributed by atoms with Gasteiger partial charge in [-0.15, -0.1) is 0 Å². The number of nitrogens with two attached hydrogens (primary N) is 1. The predicted octanol–water partition coefficient (Wildman–Crippen LogP) is 2.78. The number of ether oxygens (including phenoxy) is 1. The van der Waals surface area contributed by atoms with Crippen LogP contribution < -0.4 is 5.73 Å². The van der Waals surface area contributed by atoms with E-state index in [4.69, 9.17) is 10.5 Å². The van der Waals surface area contributed by atoms with Crippen LogP contribution in [-0.4, -0.2) is 12.0 Å². The Morgan fingerprint density at radius 1 is 1.32 bits per heavy atom. The van der Waals surface area contributed by atoms with Crippen LogP contribution in [0.5, 0.6) is 0 Å². The summed E-state index contributed by atoms with van der Waals surface area (Å²) in [5, 5.41) is 0. The van der Waals surface area contributed by atoms with Crippen LogP contribution >= 0.6 is 0 Å². The lowest BCUT2D eigenvalue weighted by molar-refractivity contribution is -0.148. The normalized spacial score (nSPS) is 18.0. The van der Waals surface area contributed by atoms with Crippen molar-refractivity contribution in [3.8, 4) is 0 Å². The molecule has 4 heteroatoms. The number of carbonyl (C=O) groups is 1. The first kappa shape index (κ1) is 14.0. The lowest BCUT2D eigenvalue weighted by Crippen LogP contribution is -2.40. The van der Waals surface area contributed by atoms with E-state index in [2.05, 4.69) is 0 Å². The van der Waals surface area contributed by atoms with Gasteiger partial charge in [0.25, 0.3) is 0 Å². The number of hydrogen-bond acceptors (Lipinski definition) is 3. The molecule has 0 amide bonds. The third-order valence-electron chi connectivity index (χ3n) is 3.76. The van der Waals surface area contributed by atoms with E-state index in [0.717, 1.165) is 25.7 Å². The first-order chi connectivity index (χ1) is 9.18. The number of rotatable bonds is 4. The molecular formula is C15H20FNO2. The Balaban J connectivity index is 1.85. The highest BCUT2D eigenvalue weighted by molar-refractivity contribution is 5.75. The molecule has 2 N–H and O–H groups in total. The van der Waals surface area contributed by atoms with Gasteiger partial charge in [0.2, 0.25) is 0 Å². The van der Waals surface area contributed by atoms with Crippen molar-refractivity contribution in [3.63, 3.8) is 0 Å². The summed E-state index contributed by atoms with van der Waals surface area (Å²) in [6.45, 7) is -0.0497. The second kappa shape index (κ2) is 6.66. The van der Waals surface area contributed by atoms with Crippen molar-refractivity contribution >= 4 is 5.97 Å². The van der Waals surface area contributed by atoms with Gasteiger partial charge in [-0.2, -0.15) is 0 Å². The molecule has 0 bridgehead atoms. The quantitative estimate of drug-likeness (QED) is 0.852. The van der Waals surface area contributed by atoms with Crippen molar-refractivity contribution in [1.82, 2.24) is 0 Å². The van der Waals surface area contributed by atoms with Gasteiger partial charge in [-0.1, -0.05) is 37.5 Å². The molecule has 0 heterocycles. The third kappa shape index (κ3) is 3.77. The van der Waals surface area contributed by atoms with Crippen LogP contribution in [0.15, 0.2) is 24.3 Å². The van der Waals surface area contributed by atoms with Gasteiger partial charge in [0.15, 0.2) is 0 Å². The minimum Gasteiger partial charge on any atom is -0.460 e. The van der Waals surface area contributed by atoms with Crippen molar-refractivity contribution in [1.29, 1.82) is 0 Å². The zero-order valence-corrected chi connectivity index (χ0v) is 11.0. The lowest BCUT2D eigenvalue weighted by Gasteiger charge is -2.25. The average molecular weight is 265 g/mol. The first-order valence-electron chi connectivity index (χ1n) is 6.84. The fraction of sp³-hybridized carbons (Fsp3) is 0.533. The summed E-state index contributed by atoms with van der Waals surface area (Å²) in [5.41, 5.74) is 6.31. The molecule has 1 aromatic rings. The summed E-state index contributed by atoms with van der Waals surface area (Å²) >= 11 is 0. The van der Waals surface area contributed by atoms with Crippen molar-refractivity contribution in [2.24, 2.45) is 11.7 Å². The van der Waals surface area contributed by atoms with Gasteiger partial charge in [-0.3, -0.25) is 4.79 Å². The Morgan fingerprint density at radius 3 is 2.68 bits per heavy atom. The number of halogens is 1. The van der Waals surface area contributed by atoms with Crippen molar-refractivity contribution in [2.45, 2.75) is 44.8 Å². The Bertz CT molecular complexity index is 430. The van der Waals surface area contributed by atoms with Gasteiger partial charge in [0.1, 0.15) is 18.5 Å². The van der Waals surface area contributed by atoms with Crippen LogP contribution in [0.3, 0.4) is 0 Å². The Hall–Kier alpha value is -1.42. The van der Waals surface area contributed by atoms with Gasteiger partial charge in [0.05, 0.1) is 0 Å². The largest absolute Gasteiger partial charge is 0.460 e. The number of carbonyl (C=O) groups excluding carboxylic acids is 1. The lowest BCUT2D eigenvalue weighted by atomic mass is 9.84. The molecular weight excluding hydrogens is 245 g/mol. The zero-order chi connectivity index (χ0) is 13.7. The monoisotopic (exact) mass is 265 g/mol. The summed E-state index contributed by atoms with van der Waals surface area (Å²) in [6.07, 6.45) is 5.43. The van der Waals surface area contributed by atoms with E-state index in [1.54, 1.807) is 18.2 Å². The Labute approximate surface area is 112 Å². The number of hydrogen-bond donors (Lipinski definition) is 1. The molecule has 104 valence electrons. The minimum atomic E-state index is -0.577. The van der Waals surface area contributed by atoms with E-state index in [-0.39, 0.29) is 18.3 Å². The fourth-order valence-corrected chi connectivity index (χ4v) is 2.55. The molecule has 1 aliphatic carbocycles. The molecule has 0 radical (unpaired) electrons. The van der Waals surface area contributed by atoms with Crippen LogP contribution in [0.1, 0.15) is 37.7 Å². The van der Waals surface area contributed by atoms with E-state index >= 15 is 0 Å². The summed E-state index contributed by atoms with van der Waals surface area (Å²) in [6, 6.07) is 5.70. The van der Waals surface area contributed by atoms with Gasteiger partial charge in [0, 0.05) is 5.56 Å². The Kier molecular flexibility index (Phi) is 4.91. The summed E-state index contributed by atoms with van der Waals surface area (Å²) in [4.78, 5) is 11.9. The molecule has 0 aromatic heterocycles. The van der Waals surface area contributed by atoms with Gasteiger partial charge < -0.3 is 10.5 Å². The molecule has 1 aromatic carbocycles. The van der Waals surface area contributed by atoms with Crippen LogP contribution in [0.2, 0.25) is 0 Å². The second-order valence-electron chi connectivity index (χ2n) is 5.12. The average Bonchev–Trinajstić information content (AvgIpc) is 2.46.